The van der Waals surface area contributed by atoms with Crippen molar-refractivity contribution in [2.45, 2.75) is 51.9 Å². The summed E-state index contributed by atoms with van der Waals surface area (Å²) >= 11 is 0. The average molecular weight is 268 g/mol. The van der Waals surface area contributed by atoms with Gasteiger partial charge in [0, 0.05) is 13.2 Å². The summed E-state index contributed by atoms with van der Waals surface area (Å²) < 4.78 is 12.6. The van der Waals surface area contributed by atoms with Crippen LogP contribution in [0.5, 0.6) is 5.75 Å². The number of ether oxygens (including phenoxy) is 2. The topological polar surface area (TPSA) is 56.5 Å². The highest BCUT2D eigenvalue weighted by atomic mass is 16.5. The predicted molar refractivity (Wildman–Crippen MR) is 72.2 cm³/mol. The number of aryl methyl sites for hydroxylation is 1. The lowest BCUT2D eigenvalue weighted by atomic mass is 9.78. The van der Waals surface area contributed by atoms with Crippen molar-refractivity contribution < 1.29 is 14.6 Å². The van der Waals surface area contributed by atoms with Crippen LogP contribution in [0, 0.1) is 5.92 Å². The number of aromatic nitrogens is 2. The van der Waals surface area contributed by atoms with E-state index in [1.54, 1.807) is 13.3 Å². The van der Waals surface area contributed by atoms with Gasteiger partial charge in [0.25, 0.3) is 0 Å². The zero-order chi connectivity index (χ0) is 13.8. The van der Waals surface area contributed by atoms with Crippen LogP contribution in [-0.2, 0) is 11.3 Å². The van der Waals surface area contributed by atoms with Gasteiger partial charge in [-0.05, 0) is 39.0 Å². The molecule has 0 amide bonds. The number of rotatable bonds is 7. The van der Waals surface area contributed by atoms with E-state index in [0.717, 1.165) is 38.1 Å². The molecule has 1 N–H and O–H groups in total. The summed E-state index contributed by atoms with van der Waals surface area (Å²) in [6.45, 7) is 5.54. The highest BCUT2D eigenvalue weighted by Gasteiger charge is 2.33. The molecule has 1 fully saturated rings. The molecule has 1 saturated carbocycles. The van der Waals surface area contributed by atoms with E-state index >= 15 is 0 Å². The first kappa shape index (κ1) is 14.3. The third-order valence-corrected chi connectivity index (χ3v) is 3.83. The van der Waals surface area contributed by atoms with Crippen LogP contribution in [0.15, 0.2) is 6.20 Å². The zero-order valence-corrected chi connectivity index (χ0v) is 12.0. The maximum Gasteiger partial charge on any atom is 0.162 e. The number of hydrogen-bond acceptors (Lipinski definition) is 4. The molecular weight excluding hydrogens is 244 g/mol. The third kappa shape index (κ3) is 3.09. The Bertz CT molecular complexity index is 378. The summed E-state index contributed by atoms with van der Waals surface area (Å²) in [4.78, 5) is 0. The molecular formula is C14H24N2O3. The first-order valence-corrected chi connectivity index (χ1v) is 7.08. The molecule has 1 aromatic heterocycles. The minimum atomic E-state index is -0.509. The molecule has 5 nitrogen and oxygen atoms in total. The van der Waals surface area contributed by atoms with Gasteiger partial charge in [-0.25, -0.2) is 0 Å². The van der Waals surface area contributed by atoms with Crippen LogP contribution in [0.2, 0.25) is 0 Å². The summed E-state index contributed by atoms with van der Waals surface area (Å²) in [5.41, 5.74) is 0.796. The Morgan fingerprint density at radius 1 is 1.47 bits per heavy atom. The molecule has 108 valence electrons. The molecule has 2 rings (SSSR count). The summed E-state index contributed by atoms with van der Waals surface area (Å²) in [5.74, 6) is 1.21. The Balaban J connectivity index is 1.93. The zero-order valence-electron chi connectivity index (χ0n) is 12.0. The molecule has 1 aliphatic carbocycles. The van der Waals surface area contributed by atoms with Gasteiger partial charge in [-0.2, -0.15) is 5.10 Å². The third-order valence-electron chi connectivity index (χ3n) is 3.83. The van der Waals surface area contributed by atoms with Crippen LogP contribution in [0.4, 0.5) is 0 Å². The maximum atomic E-state index is 10.4. The Hall–Kier alpha value is -1.07. The lowest BCUT2D eigenvalue weighted by Gasteiger charge is -2.36. The number of aliphatic hydroxyl groups excluding tert-OH is 1. The van der Waals surface area contributed by atoms with Crippen molar-refractivity contribution in [1.29, 1.82) is 0 Å². The fourth-order valence-corrected chi connectivity index (χ4v) is 2.79. The Labute approximate surface area is 114 Å². The standard InChI is InChI=1S/C14H24N2O3/c1-4-16-14(13(18-3)9-15-16)12(17)8-10-6-11(7-10)19-5-2/h9-12,17H,4-8H2,1-3H3. The van der Waals surface area contributed by atoms with Gasteiger partial charge in [0.2, 0.25) is 0 Å². The summed E-state index contributed by atoms with van der Waals surface area (Å²) in [7, 11) is 1.61. The van der Waals surface area contributed by atoms with E-state index in [-0.39, 0.29) is 0 Å². The van der Waals surface area contributed by atoms with E-state index in [1.807, 2.05) is 18.5 Å². The van der Waals surface area contributed by atoms with Crippen molar-refractivity contribution in [3.8, 4) is 5.75 Å². The van der Waals surface area contributed by atoms with E-state index in [9.17, 15) is 5.11 Å². The second-order valence-electron chi connectivity index (χ2n) is 5.08. The largest absolute Gasteiger partial charge is 0.493 e. The Morgan fingerprint density at radius 3 is 2.79 bits per heavy atom. The quantitative estimate of drug-likeness (QED) is 0.823. The van der Waals surface area contributed by atoms with Crippen LogP contribution in [-0.4, -0.2) is 34.7 Å². The molecule has 1 heterocycles. The lowest BCUT2D eigenvalue weighted by molar-refractivity contribution is -0.0388. The Kier molecular flexibility index (Phi) is 4.82. The van der Waals surface area contributed by atoms with Crippen molar-refractivity contribution in [2.75, 3.05) is 13.7 Å². The number of nitrogens with zero attached hydrogens (tertiary/aromatic N) is 2. The molecule has 0 aromatic carbocycles. The van der Waals surface area contributed by atoms with Gasteiger partial charge in [-0.3, -0.25) is 4.68 Å². The molecule has 0 radical (unpaired) electrons. The number of methoxy groups -OCH3 is 1. The molecule has 0 bridgehead atoms. The number of aliphatic hydroxyl groups is 1. The average Bonchev–Trinajstić information content (AvgIpc) is 2.79. The smallest absolute Gasteiger partial charge is 0.162 e. The summed E-state index contributed by atoms with van der Waals surface area (Å²) in [6.07, 6.45) is 4.41. The molecule has 1 atom stereocenters. The van der Waals surface area contributed by atoms with E-state index in [4.69, 9.17) is 9.47 Å². The molecule has 19 heavy (non-hydrogen) atoms. The van der Waals surface area contributed by atoms with Gasteiger partial charge in [0.1, 0.15) is 5.69 Å². The summed E-state index contributed by atoms with van der Waals surface area (Å²) in [6, 6.07) is 0. The minimum absolute atomic E-state index is 0.389. The molecule has 1 aromatic rings. The van der Waals surface area contributed by atoms with E-state index in [2.05, 4.69) is 5.10 Å². The number of hydrogen-bond donors (Lipinski definition) is 1. The fourth-order valence-electron chi connectivity index (χ4n) is 2.79. The van der Waals surface area contributed by atoms with Crippen molar-refractivity contribution in [2.24, 2.45) is 5.92 Å². The summed E-state index contributed by atoms with van der Waals surface area (Å²) in [5, 5.41) is 14.6. The first-order valence-electron chi connectivity index (χ1n) is 7.08. The van der Waals surface area contributed by atoms with Gasteiger partial charge in [0.05, 0.1) is 25.5 Å². The molecule has 1 aliphatic rings. The van der Waals surface area contributed by atoms with Gasteiger partial charge >= 0.3 is 0 Å². The van der Waals surface area contributed by atoms with Crippen molar-refractivity contribution in [3.05, 3.63) is 11.9 Å². The molecule has 1 unspecified atom stereocenters. The van der Waals surface area contributed by atoms with Gasteiger partial charge < -0.3 is 14.6 Å². The highest BCUT2D eigenvalue weighted by Crippen LogP contribution is 2.38. The van der Waals surface area contributed by atoms with Gasteiger partial charge in [0.15, 0.2) is 5.75 Å². The van der Waals surface area contributed by atoms with Gasteiger partial charge in [-0.1, -0.05) is 0 Å². The van der Waals surface area contributed by atoms with Crippen molar-refractivity contribution in [1.82, 2.24) is 9.78 Å². The van der Waals surface area contributed by atoms with Crippen LogP contribution < -0.4 is 4.74 Å². The molecule has 0 aliphatic heterocycles. The maximum absolute atomic E-state index is 10.4. The normalized spacial score (nSPS) is 24.0. The monoisotopic (exact) mass is 268 g/mol. The SMILES string of the molecule is CCOC1CC(CC(O)c2c(OC)cnn2CC)C1. The van der Waals surface area contributed by atoms with E-state index < -0.39 is 6.10 Å². The van der Waals surface area contributed by atoms with Crippen molar-refractivity contribution >= 4 is 0 Å². The van der Waals surface area contributed by atoms with E-state index in [0.29, 0.717) is 17.8 Å². The van der Waals surface area contributed by atoms with Crippen LogP contribution >= 0.6 is 0 Å². The lowest BCUT2D eigenvalue weighted by Crippen LogP contribution is -2.32. The predicted octanol–water partition coefficient (Wildman–Crippen LogP) is 2.15. The van der Waals surface area contributed by atoms with E-state index in [1.165, 1.54) is 0 Å². The van der Waals surface area contributed by atoms with Crippen LogP contribution in [0.1, 0.15) is 44.9 Å². The highest BCUT2D eigenvalue weighted by molar-refractivity contribution is 5.27. The molecule has 5 heteroatoms. The second kappa shape index (κ2) is 6.39. The Morgan fingerprint density at radius 2 is 2.21 bits per heavy atom. The van der Waals surface area contributed by atoms with Crippen molar-refractivity contribution in [3.63, 3.8) is 0 Å². The minimum Gasteiger partial charge on any atom is -0.493 e. The molecule has 0 spiro atoms. The van der Waals surface area contributed by atoms with Crippen LogP contribution in [0.3, 0.4) is 0 Å². The second-order valence-corrected chi connectivity index (χ2v) is 5.08. The molecule has 0 saturated heterocycles. The van der Waals surface area contributed by atoms with Gasteiger partial charge in [-0.15, -0.1) is 0 Å². The van der Waals surface area contributed by atoms with Crippen LogP contribution in [0.25, 0.3) is 0 Å². The first-order chi connectivity index (χ1) is 9.19. The fraction of sp³-hybridized carbons (Fsp3) is 0.786.